The number of anilines is 2. The van der Waals surface area contributed by atoms with Crippen molar-refractivity contribution in [3.05, 3.63) is 47.3 Å². The number of likely N-dealkylation sites (tertiary alicyclic amines) is 1. The summed E-state index contributed by atoms with van der Waals surface area (Å²) in [6, 6.07) is 3.24. The van der Waals surface area contributed by atoms with Crippen molar-refractivity contribution in [3.8, 4) is 0 Å². The number of nitrogens with zero attached hydrogens (tertiary/aromatic N) is 3. The SMILES string of the molecule is Cc1cccc(C(=O)N2CCC(F)(F)C2CNc2ncc(C(F)(F)F)cn2)c1N. The number of carbonyl (C=O) groups excluding carboxylic acids is 1. The van der Waals surface area contributed by atoms with Gasteiger partial charge in [-0.1, -0.05) is 12.1 Å². The Labute approximate surface area is 162 Å². The summed E-state index contributed by atoms with van der Waals surface area (Å²) in [4.78, 5) is 20.8. The molecule has 1 amide bonds. The molecule has 1 aliphatic rings. The van der Waals surface area contributed by atoms with E-state index in [1.165, 1.54) is 6.07 Å². The van der Waals surface area contributed by atoms with Crippen LogP contribution in [0.25, 0.3) is 0 Å². The summed E-state index contributed by atoms with van der Waals surface area (Å²) in [5.41, 5.74) is 5.85. The van der Waals surface area contributed by atoms with Crippen molar-refractivity contribution >= 4 is 17.5 Å². The summed E-state index contributed by atoms with van der Waals surface area (Å²) in [5.74, 6) is -4.07. The van der Waals surface area contributed by atoms with E-state index in [4.69, 9.17) is 5.73 Å². The van der Waals surface area contributed by atoms with Crippen LogP contribution in [0.2, 0.25) is 0 Å². The molecule has 0 bridgehead atoms. The highest BCUT2D eigenvalue weighted by atomic mass is 19.4. The van der Waals surface area contributed by atoms with Gasteiger partial charge >= 0.3 is 6.18 Å². The number of para-hydroxylation sites is 1. The fourth-order valence-corrected chi connectivity index (χ4v) is 3.10. The number of nitrogens with one attached hydrogen (secondary N) is 1. The molecule has 2 aromatic rings. The first-order valence-corrected chi connectivity index (χ1v) is 8.67. The lowest BCUT2D eigenvalue weighted by Crippen LogP contribution is -2.47. The number of alkyl halides is 5. The Balaban J connectivity index is 1.77. The molecular weight excluding hydrogens is 397 g/mol. The van der Waals surface area contributed by atoms with E-state index in [1.54, 1.807) is 19.1 Å². The quantitative estimate of drug-likeness (QED) is 0.591. The maximum Gasteiger partial charge on any atom is 0.419 e. The summed E-state index contributed by atoms with van der Waals surface area (Å²) in [6.07, 6.45) is -4.03. The fourth-order valence-electron chi connectivity index (χ4n) is 3.10. The van der Waals surface area contributed by atoms with Gasteiger partial charge in [0.25, 0.3) is 11.8 Å². The Bertz CT molecular complexity index is 901. The van der Waals surface area contributed by atoms with Gasteiger partial charge in [-0.15, -0.1) is 0 Å². The molecule has 0 saturated carbocycles. The highest BCUT2D eigenvalue weighted by Crippen LogP contribution is 2.36. The molecule has 3 N–H and O–H groups in total. The molecule has 1 saturated heterocycles. The van der Waals surface area contributed by atoms with Gasteiger partial charge in [-0.3, -0.25) is 4.79 Å². The second kappa shape index (κ2) is 7.45. The molecule has 1 unspecified atom stereocenters. The second-order valence-electron chi connectivity index (χ2n) is 6.74. The molecule has 6 nitrogen and oxygen atoms in total. The average molecular weight is 415 g/mol. The predicted octanol–water partition coefficient (Wildman–Crippen LogP) is 3.35. The van der Waals surface area contributed by atoms with Gasteiger partial charge in [0, 0.05) is 37.6 Å². The van der Waals surface area contributed by atoms with E-state index in [1.807, 2.05) is 0 Å². The molecule has 1 aromatic heterocycles. The standard InChI is InChI=1S/C18H18F5N5O/c1-10-3-2-4-12(14(10)24)15(29)28-6-5-17(19,20)13(28)9-27-16-25-7-11(8-26-16)18(21,22)23/h2-4,7-8,13H,5-6,9,24H2,1H3,(H,25,26,27). The van der Waals surface area contributed by atoms with Gasteiger partial charge in [0.1, 0.15) is 6.04 Å². The van der Waals surface area contributed by atoms with Crippen molar-refractivity contribution in [3.63, 3.8) is 0 Å². The smallest absolute Gasteiger partial charge is 0.398 e. The molecule has 1 fully saturated rings. The van der Waals surface area contributed by atoms with Crippen LogP contribution in [0.5, 0.6) is 0 Å². The maximum absolute atomic E-state index is 14.4. The van der Waals surface area contributed by atoms with Crippen molar-refractivity contribution in [1.82, 2.24) is 14.9 Å². The Morgan fingerprint density at radius 1 is 1.31 bits per heavy atom. The first kappa shape index (κ1) is 20.7. The minimum atomic E-state index is -4.60. The normalized spacial score (nSPS) is 18.7. The molecule has 1 aliphatic heterocycles. The highest BCUT2D eigenvalue weighted by molar-refractivity contribution is 6.00. The highest BCUT2D eigenvalue weighted by Gasteiger charge is 2.50. The molecule has 11 heteroatoms. The number of nitrogens with two attached hydrogens (primary N) is 1. The summed E-state index contributed by atoms with van der Waals surface area (Å²) in [5, 5.41) is 2.49. The number of aromatic nitrogens is 2. The van der Waals surface area contributed by atoms with Gasteiger partial charge in [0.05, 0.1) is 11.1 Å². The van der Waals surface area contributed by atoms with Crippen LogP contribution in [0.15, 0.2) is 30.6 Å². The lowest BCUT2D eigenvalue weighted by Gasteiger charge is -2.28. The number of carbonyl (C=O) groups is 1. The third-order valence-electron chi connectivity index (χ3n) is 4.80. The van der Waals surface area contributed by atoms with Crippen LogP contribution in [0.1, 0.15) is 27.9 Å². The number of nitrogen functional groups attached to an aromatic ring is 1. The molecular formula is C18H18F5N5O. The van der Waals surface area contributed by atoms with Crippen LogP contribution in [0.4, 0.5) is 33.6 Å². The Kier molecular flexibility index (Phi) is 5.33. The Morgan fingerprint density at radius 2 is 1.97 bits per heavy atom. The van der Waals surface area contributed by atoms with Crippen molar-refractivity contribution < 1.29 is 26.7 Å². The lowest BCUT2D eigenvalue weighted by molar-refractivity contribution is -0.138. The van der Waals surface area contributed by atoms with Crippen LogP contribution in [-0.2, 0) is 6.18 Å². The number of halogens is 5. The molecule has 0 aliphatic carbocycles. The van der Waals surface area contributed by atoms with E-state index in [2.05, 4.69) is 15.3 Å². The van der Waals surface area contributed by atoms with Crippen LogP contribution in [0.3, 0.4) is 0 Å². The zero-order valence-electron chi connectivity index (χ0n) is 15.3. The van der Waals surface area contributed by atoms with Crippen LogP contribution < -0.4 is 11.1 Å². The lowest BCUT2D eigenvalue weighted by atomic mass is 10.1. The number of hydrogen-bond donors (Lipinski definition) is 2. The zero-order chi connectivity index (χ0) is 21.4. The Morgan fingerprint density at radius 3 is 2.59 bits per heavy atom. The summed E-state index contributed by atoms with van der Waals surface area (Å²) in [6.45, 7) is 1.08. The first-order valence-electron chi connectivity index (χ1n) is 8.67. The van der Waals surface area contributed by atoms with E-state index in [9.17, 15) is 26.7 Å². The summed E-state index contributed by atoms with van der Waals surface area (Å²) in [7, 11) is 0. The number of aryl methyl sites for hydroxylation is 1. The Hall–Kier alpha value is -2.98. The minimum absolute atomic E-state index is 0.124. The minimum Gasteiger partial charge on any atom is -0.398 e. The van der Waals surface area contributed by atoms with E-state index >= 15 is 0 Å². The molecule has 1 atom stereocenters. The average Bonchev–Trinajstić information content (AvgIpc) is 2.95. The van der Waals surface area contributed by atoms with Crippen LogP contribution >= 0.6 is 0 Å². The molecule has 1 aromatic carbocycles. The van der Waals surface area contributed by atoms with Crippen molar-refractivity contribution in [2.75, 3.05) is 24.1 Å². The first-order chi connectivity index (χ1) is 13.5. The molecule has 29 heavy (non-hydrogen) atoms. The van der Waals surface area contributed by atoms with E-state index in [0.717, 1.165) is 4.90 Å². The van der Waals surface area contributed by atoms with Gasteiger partial charge in [-0.05, 0) is 18.6 Å². The molecule has 156 valence electrons. The van der Waals surface area contributed by atoms with Crippen LogP contribution in [0, 0.1) is 6.92 Å². The van der Waals surface area contributed by atoms with Gasteiger partial charge in [0.2, 0.25) is 5.95 Å². The molecule has 0 spiro atoms. The monoisotopic (exact) mass is 415 g/mol. The van der Waals surface area contributed by atoms with Gasteiger partial charge < -0.3 is 16.0 Å². The van der Waals surface area contributed by atoms with Crippen LogP contribution in [-0.4, -0.2) is 45.8 Å². The third-order valence-corrected chi connectivity index (χ3v) is 4.80. The van der Waals surface area contributed by atoms with Gasteiger partial charge in [-0.25, -0.2) is 18.7 Å². The summed E-state index contributed by atoms with van der Waals surface area (Å²) >= 11 is 0. The maximum atomic E-state index is 14.4. The fraction of sp³-hybridized carbons (Fsp3) is 0.389. The second-order valence-corrected chi connectivity index (χ2v) is 6.74. The van der Waals surface area contributed by atoms with E-state index in [-0.39, 0.29) is 23.7 Å². The topological polar surface area (TPSA) is 84.1 Å². The van der Waals surface area contributed by atoms with Crippen molar-refractivity contribution in [1.29, 1.82) is 0 Å². The summed E-state index contributed by atoms with van der Waals surface area (Å²) < 4.78 is 66.4. The van der Waals surface area contributed by atoms with Crippen molar-refractivity contribution in [2.45, 2.75) is 31.5 Å². The van der Waals surface area contributed by atoms with E-state index in [0.29, 0.717) is 18.0 Å². The predicted molar refractivity (Wildman–Crippen MR) is 95.5 cm³/mol. The molecule has 2 heterocycles. The van der Waals surface area contributed by atoms with Gasteiger partial charge in [-0.2, -0.15) is 13.2 Å². The molecule has 3 rings (SSSR count). The van der Waals surface area contributed by atoms with E-state index < -0.39 is 42.6 Å². The number of hydrogen-bond acceptors (Lipinski definition) is 5. The van der Waals surface area contributed by atoms with Crippen molar-refractivity contribution in [2.24, 2.45) is 0 Å². The molecule has 0 radical (unpaired) electrons. The largest absolute Gasteiger partial charge is 0.419 e. The van der Waals surface area contributed by atoms with Gasteiger partial charge in [0.15, 0.2) is 0 Å². The number of rotatable bonds is 4. The third kappa shape index (κ3) is 4.22. The number of amides is 1. The zero-order valence-corrected chi connectivity index (χ0v) is 15.3. The number of benzene rings is 1.